The van der Waals surface area contributed by atoms with Crippen molar-refractivity contribution in [3.8, 4) is 0 Å². The van der Waals surface area contributed by atoms with Crippen molar-refractivity contribution in [1.82, 2.24) is 8.87 Å². The molecule has 0 saturated carbocycles. The number of thioether (sulfide) groups is 1. The maximum Gasteiger partial charge on any atom is 0.274 e. The van der Waals surface area contributed by atoms with Gasteiger partial charge in [-0.3, -0.25) is 9.59 Å². The van der Waals surface area contributed by atoms with Crippen LogP contribution in [0, 0.1) is 5.92 Å². The zero-order valence-electron chi connectivity index (χ0n) is 13.7. The molecule has 132 valence electrons. The van der Waals surface area contributed by atoms with Gasteiger partial charge in [0.25, 0.3) is 5.56 Å². The normalized spacial score (nSPS) is 23.6. The number of nitrogens with zero attached hydrogens (tertiary/aromatic N) is 2. The number of carbonyl (C=O) groups is 1. The number of rotatable bonds is 4. The fourth-order valence-electron chi connectivity index (χ4n) is 3.59. The zero-order chi connectivity index (χ0) is 17.5. The van der Waals surface area contributed by atoms with E-state index in [-0.39, 0.29) is 29.0 Å². The smallest absolute Gasteiger partial charge is 0.274 e. The fraction of sp³-hybridized carbons (Fsp3) is 0.600. The second-order valence-corrected chi connectivity index (χ2v) is 9.30. The summed E-state index contributed by atoms with van der Waals surface area (Å²) in [5.74, 6) is 0.256. The van der Waals surface area contributed by atoms with Gasteiger partial charge < -0.3 is 9.88 Å². The number of aromatic nitrogens is 1. The van der Waals surface area contributed by atoms with Gasteiger partial charge in [-0.15, -0.1) is 0 Å². The first-order chi connectivity index (χ1) is 11.3. The Morgan fingerprint density at radius 1 is 1.33 bits per heavy atom. The van der Waals surface area contributed by atoms with E-state index >= 15 is 0 Å². The third kappa shape index (κ3) is 3.38. The van der Waals surface area contributed by atoms with Crippen LogP contribution in [-0.4, -0.2) is 54.6 Å². The first-order valence-electron chi connectivity index (χ1n) is 7.77. The minimum atomic E-state index is -3.22. The molecule has 2 aliphatic rings. The minimum absolute atomic E-state index is 0.0240. The lowest BCUT2D eigenvalue weighted by Gasteiger charge is -2.41. The van der Waals surface area contributed by atoms with Crippen molar-refractivity contribution >= 4 is 33.4 Å². The van der Waals surface area contributed by atoms with Gasteiger partial charge in [-0.2, -0.15) is 11.8 Å². The summed E-state index contributed by atoms with van der Waals surface area (Å²) in [4.78, 5) is 24.4. The number of nitrogens with one attached hydrogen (secondary N) is 1. The van der Waals surface area contributed by atoms with Gasteiger partial charge >= 0.3 is 0 Å². The first-order valence-corrected chi connectivity index (χ1v) is 11.0. The molecule has 0 spiro atoms. The van der Waals surface area contributed by atoms with E-state index in [1.54, 1.807) is 10.6 Å². The molecule has 0 aromatic carbocycles. The standard InChI is InChI=1S/C15H21N3O4S2/c1-23-9-14(19)16-12-3-4-13-11-5-10(7-18(13)15(12)20)6-17(8-11)24(2,21)22/h3-4,10-11H,5-9H2,1-2H3,(H,16,19)/t10-,11-/m1/s1. The molecular formula is C15H21N3O4S2. The topological polar surface area (TPSA) is 88.5 Å². The summed E-state index contributed by atoms with van der Waals surface area (Å²) in [6, 6.07) is 3.47. The van der Waals surface area contributed by atoms with Crippen LogP contribution in [-0.2, 0) is 21.4 Å². The molecule has 1 aromatic heterocycles. The van der Waals surface area contributed by atoms with E-state index in [0.717, 1.165) is 12.1 Å². The molecule has 24 heavy (non-hydrogen) atoms. The van der Waals surface area contributed by atoms with Crippen molar-refractivity contribution in [2.75, 3.05) is 36.7 Å². The molecule has 1 aromatic rings. The Hall–Kier alpha value is -1.32. The summed E-state index contributed by atoms with van der Waals surface area (Å²) in [6.07, 6.45) is 3.95. The highest BCUT2D eigenvalue weighted by atomic mass is 32.2. The highest BCUT2D eigenvalue weighted by Gasteiger charge is 2.37. The van der Waals surface area contributed by atoms with E-state index in [0.29, 0.717) is 25.4 Å². The number of piperidine rings is 1. The molecule has 3 heterocycles. The van der Waals surface area contributed by atoms with Crippen molar-refractivity contribution in [2.24, 2.45) is 5.92 Å². The van der Waals surface area contributed by atoms with E-state index in [1.807, 2.05) is 12.3 Å². The molecular weight excluding hydrogens is 350 g/mol. The predicted octanol–water partition coefficient (Wildman–Crippen LogP) is 0.528. The number of sulfonamides is 1. The van der Waals surface area contributed by atoms with Crippen LogP contribution >= 0.6 is 11.8 Å². The average molecular weight is 371 g/mol. The Labute approximate surface area is 145 Å². The third-order valence-electron chi connectivity index (χ3n) is 4.59. The maximum atomic E-state index is 12.7. The van der Waals surface area contributed by atoms with Crippen LogP contribution in [0.3, 0.4) is 0 Å². The molecule has 0 aliphatic carbocycles. The summed E-state index contributed by atoms with van der Waals surface area (Å²) in [7, 11) is -3.22. The minimum Gasteiger partial charge on any atom is -0.321 e. The second kappa shape index (κ2) is 6.53. The van der Waals surface area contributed by atoms with Crippen LogP contribution in [0.15, 0.2) is 16.9 Å². The molecule has 0 unspecified atom stereocenters. The SMILES string of the molecule is CSCC(=O)Nc1ccc2n(c1=O)C[C@@H]1C[C@@H]2CN(S(C)(=O)=O)C1. The van der Waals surface area contributed by atoms with Crippen molar-refractivity contribution < 1.29 is 13.2 Å². The monoisotopic (exact) mass is 371 g/mol. The van der Waals surface area contributed by atoms with Gasteiger partial charge in [0.1, 0.15) is 5.69 Å². The van der Waals surface area contributed by atoms with Crippen molar-refractivity contribution in [2.45, 2.75) is 18.9 Å². The van der Waals surface area contributed by atoms with Gasteiger partial charge in [0.05, 0.1) is 12.0 Å². The first kappa shape index (κ1) is 17.5. The van der Waals surface area contributed by atoms with Gasteiger partial charge in [-0.1, -0.05) is 0 Å². The summed E-state index contributed by atoms with van der Waals surface area (Å²) in [5.41, 5.74) is 0.940. The summed E-state index contributed by atoms with van der Waals surface area (Å²) < 4.78 is 26.9. The summed E-state index contributed by atoms with van der Waals surface area (Å²) >= 11 is 1.40. The van der Waals surface area contributed by atoms with Gasteiger partial charge in [-0.25, -0.2) is 12.7 Å². The molecule has 1 amide bonds. The van der Waals surface area contributed by atoms with Crippen molar-refractivity contribution in [1.29, 1.82) is 0 Å². The lowest BCUT2D eigenvalue weighted by molar-refractivity contribution is -0.113. The predicted molar refractivity (Wildman–Crippen MR) is 95.0 cm³/mol. The number of pyridine rings is 1. The molecule has 9 heteroatoms. The molecule has 3 rings (SSSR count). The van der Waals surface area contributed by atoms with Gasteiger partial charge in [0.2, 0.25) is 15.9 Å². The quantitative estimate of drug-likeness (QED) is 0.834. The van der Waals surface area contributed by atoms with Crippen LogP contribution in [0.1, 0.15) is 18.0 Å². The Bertz CT molecular complexity index is 818. The second-order valence-electron chi connectivity index (χ2n) is 6.45. The number of amides is 1. The van der Waals surface area contributed by atoms with Crippen LogP contribution < -0.4 is 10.9 Å². The largest absolute Gasteiger partial charge is 0.321 e. The molecule has 1 N–H and O–H groups in total. The molecule has 7 nitrogen and oxygen atoms in total. The van der Waals surface area contributed by atoms with E-state index in [9.17, 15) is 18.0 Å². The highest BCUT2D eigenvalue weighted by molar-refractivity contribution is 7.99. The molecule has 1 saturated heterocycles. The summed E-state index contributed by atoms with van der Waals surface area (Å²) in [5, 5.41) is 2.66. The molecule has 2 aliphatic heterocycles. The molecule has 2 bridgehead atoms. The van der Waals surface area contributed by atoms with Crippen LogP contribution in [0.4, 0.5) is 5.69 Å². The molecule has 1 fully saturated rings. The Morgan fingerprint density at radius 3 is 2.75 bits per heavy atom. The lowest BCUT2D eigenvalue weighted by Crippen LogP contribution is -2.49. The van der Waals surface area contributed by atoms with Crippen molar-refractivity contribution in [3.63, 3.8) is 0 Å². The highest BCUT2D eigenvalue weighted by Crippen LogP contribution is 2.36. The third-order valence-corrected chi connectivity index (χ3v) is 6.38. The summed E-state index contributed by atoms with van der Waals surface area (Å²) in [6.45, 7) is 1.35. The van der Waals surface area contributed by atoms with Crippen LogP contribution in [0.5, 0.6) is 0 Å². The molecule has 2 atom stereocenters. The number of carbonyl (C=O) groups excluding carboxylic acids is 1. The van der Waals surface area contributed by atoms with E-state index in [1.165, 1.54) is 22.3 Å². The van der Waals surface area contributed by atoms with E-state index < -0.39 is 10.0 Å². The average Bonchev–Trinajstić information content (AvgIpc) is 2.50. The number of hydrogen-bond donors (Lipinski definition) is 1. The maximum absolute atomic E-state index is 12.7. The van der Waals surface area contributed by atoms with Crippen LogP contribution in [0.25, 0.3) is 0 Å². The van der Waals surface area contributed by atoms with Gasteiger partial charge in [0, 0.05) is 31.2 Å². The fourth-order valence-corrected chi connectivity index (χ4v) is 4.85. The van der Waals surface area contributed by atoms with E-state index in [2.05, 4.69) is 5.32 Å². The van der Waals surface area contributed by atoms with Crippen molar-refractivity contribution in [3.05, 3.63) is 28.2 Å². The van der Waals surface area contributed by atoms with Crippen LogP contribution in [0.2, 0.25) is 0 Å². The van der Waals surface area contributed by atoms with Gasteiger partial charge in [-0.05, 0) is 30.7 Å². The molecule has 0 radical (unpaired) electrons. The lowest BCUT2D eigenvalue weighted by atomic mass is 9.84. The Balaban J connectivity index is 1.90. The number of anilines is 1. The van der Waals surface area contributed by atoms with Gasteiger partial charge in [0.15, 0.2) is 0 Å². The number of hydrogen-bond acceptors (Lipinski definition) is 5. The Kier molecular flexibility index (Phi) is 4.76. The van der Waals surface area contributed by atoms with E-state index in [4.69, 9.17) is 0 Å². The zero-order valence-corrected chi connectivity index (χ0v) is 15.3. The number of fused-ring (bicyclic) bond motifs is 4. The Morgan fingerprint density at radius 2 is 2.08 bits per heavy atom.